The van der Waals surface area contributed by atoms with Gasteiger partial charge in [0.25, 0.3) is 5.91 Å². The summed E-state index contributed by atoms with van der Waals surface area (Å²) < 4.78 is 5.57. The van der Waals surface area contributed by atoms with Crippen molar-refractivity contribution in [2.75, 3.05) is 26.7 Å². The maximum absolute atomic E-state index is 11.5. The van der Waals surface area contributed by atoms with Crippen molar-refractivity contribution < 1.29 is 19.2 Å². The number of hydrogen-bond acceptors (Lipinski definition) is 3. The molecule has 0 saturated carbocycles. The van der Waals surface area contributed by atoms with E-state index in [9.17, 15) is 9.59 Å². The number of quaternary nitrogens is 1. The lowest BCUT2D eigenvalue weighted by atomic mass is 10.2. The van der Waals surface area contributed by atoms with Gasteiger partial charge in [-0.2, -0.15) is 0 Å². The van der Waals surface area contributed by atoms with Crippen LogP contribution in [0.25, 0.3) is 0 Å². The predicted molar refractivity (Wildman–Crippen MR) is 58.2 cm³/mol. The molecule has 0 bridgehead atoms. The number of carbonyl (C=O) groups excluding carboxylic acids is 2. The quantitative estimate of drug-likeness (QED) is 0.521. The third-order valence-electron chi connectivity index (χ3n) is 2.51. The molecule has 92 valence electrons. The number of hydrogen-bond donors (Lipinski definition) is 3. The van der Waals surface area contributed by atoms with E-state index in [1.807, 2.05) is 13.8 Å². The first-order chi connectivity index (χ1) is 7.51. The Morgan fingerprint density at radius 1 is 1.31 bits per heavy atom. The highest BCUT2D eigenvalue weighted by Crippen LogP contribution is 1.97. The number of nitrogens with one attached hydrogen (secondary N) is 3. The van der Waals surface area contributed by atoms with Gasteiger partial charge in [-0.3, -0.25) is 10.1 Å². The van der Waals surface area contributed by atoms with Gasteiger partial charge in [-0.25, -0.2) is 4.79 Å². The van der Waals surface area contributed by atoms with E-state index in [1.165, 1.54) is 7.05 Å². The number of ether oxygens (including phenoxy) is 1. The van der Waals surface area contributed by atoms with E-state index in [0.717, 1.165) is 18.0 Å². The van der Waals surface area contributed by atoms with Crippen LogP contribution < -0.4 is 15.5 Å². The normalized spacial score (nSPS) is 29.6. The molecule has 1 fully saturated rings. The molecular weight excluding hydrogens is 210 g/mol. The van der Waals surface area contributed by atoms with Crippen molar-refractivity contribution in [3.05, 3.63) is 0 Å². The molecule has 0 spiro atoms. The van der Waals surface area contributed by atoms with Gasteiger partial charge in [-0.05, 0) is 13.8 Å². The van der Waals surface area contributed by atoms with Gasteiger partial charge in [-0.1, -0.05) is 0 Å². The Morgan fingerprint density at radius 3 is 2.38 bits per heavy atom. The first-order valence-electron chi connectivity index (χ1n) is 5.52. The molecule has 2 atom stereocenters. The van der Waals surface area contributed by atoms with E-state index in [4.69, 9.17) is 4.74 Å². The summed E-state index contributed by atoms with van der Waals surface area (Å²) in [6.45, 7) is 5.89. The van der Waals surface area contributed by atoms with E-state index in [2.05, 4.69) is 10.6 Å². The summed E-state index contributed by atoms with van der Waals surface area (Å²) >= 11 is 0. The first-order valence-corrected chi connectivity index (χ1v) is 5.52. The fourth-order valence-corrected chi connectivity index (χ4v) is 1.99. The van der Waals surface area contributed by atoms with Crippen LogP contribution in [-0.4, -0.2) is 50.8 Å². The molecular formula is C10H20N3O3+. The fourth-order valence-electron chi connectivity index (χ4n) is 1.99. The standard InChI is InChI=1S/C10H19N3O3/c1-7-4-13(5-8(2)16-7)6-9(14)12-10(15)11-3/h7-8H,4-6H2,1-3H3,(H2,11,12,14,15)/p+1/t7-,8-/m1/s1. The van der Waals surface area contributed by atoms with E-state index < -0.39 is 6.03 Å². The smallest absolute Gasteiger partial charge is 0.321 e. The Hall–Kier alpha value is -1.14. The van der Waals surface area contributed by atoms with Crippen LogP contribution >= 0.6 is 0 Å². The average Bonchev–Trinajstić information content (AvgIpc) is 2.15. The van der Waals surface area contributed by atoms with Crippen LogP contribution in [0.4, 0.5) is 4.79 Å². The first kappa shape index (κ1) is 12.9. The van der Waals surface area contributed by atoms with Crippen LogP contribution in [-0.2, 0) is 9.53 Å². The molecule has 0 radical (unpaired) electrons. The summed E-state index contributed by atoms with van der Waals surface area (Å²) in [5, 5.41) is 4.60. The summed E-state index contributed by atoms with van der Waals surface area (Å²) in [5.74, 6) is -0.254. The van der Waals surface area contributed by atoms with Gasteiger partial charge in [0, 0.05) is 7.05 Å². The van der Waals surface area contributed by atoms with Gasteiger partial charge in [0.05, 0.1) is 0 Å². The molecule has 1 rings (SSSR count). The molecule has 16 heavy (non-hydrogen) atoms. The zero-order valence-electron chi connectivity index (χ0n) is 10.0. The second kappa shape index (κ2) is 5.81. The molecule has 0 unspecified atom stereocenters. The van der Waals surface area contributed by atoms with Gasteiger partial charge >= 0.3 is 6.03 Å². The fraction of sp³-hybridized carbons (Fsp3) is 0.800. The highest BCUT2D eigenvalue weighted by molar-refractivity contribution is 5.94. The maximum atomic E-state index is 11.5. The predicted octanol–water partition coefficient (Wildman–Crippen LogP) is -1.87. The topological polar surface area (TPSA) is 71.9 Å². The second-order valence-corrected chi connectivity index (χ2v) is 4.22. The molecule has 1 aliphatic rings. The van der Waals surface area contributed by atoms with Gasteiger partial charge < -0.3 is 15.0 Å². The minimum absolute atomic E-state index is 0.159. The van der Waals surface area contributed by atoms with Crippen molar-refractivity contribution in [1.82, 2.24) is 10.6 Å². The van der Waals surface area contributed by atoms with Crippen molar-refractivity contribution in [1.29, 1.82) is 0 Å². The third kappa shape index (κ3) is 4.16. The summed E-state index contributed by atoms with van der Waals surface area (Å²) in [6.07, 6.45) is 0.318. The molecule has 1 saturated heterocycles. The second-order valence-electron chi connectivity index (χ2n) is 4.22. The number of imide groups is 1. The van der Waals surface area contributed by atoms with Gasteiger partial charge in [-0.15, -0.1) is 0 Å². The molecule has 0 aliphatic carbocycles. The van der Waals surface area contributed by atoms with Crippen LogP contribution in [0.15, 0.2) is 0 Å². The molecule has 0 aromatic heterocycles. The molecule has 6 nitrogen and oxygen atoms in total. The van der Waals surface area contributed by atoms with Gasteiger partial charge in [0.1, 0.15) is 25.3 Å². The number of rotatable bonds is 2. The largest absolute Gasteiger partial charge is 0.364 e. The highest BCUT2D eigenvalue weighted by Gasteiger charge is 2.27. The Kier molecular flexibility index (Phi) is 4.70. The van der Waals surface area contributed by atoms with Crippen LogP contribution in [0.3, 0.4) is 0 Å². The zero-order valence-corrected chi connectivity index (χ0v) is 10.0. The molecule has 3 N–H and O–H groups in total. The third-order valence-corrected chi connectivity index (χ3v) is 2.51. The Labute approximate surface area is 95.3 Å². The number of carbonyl (C=O) groups is 2. The molecule has 0 aromatic carbocycles. The van der Waals surface area contributed by atoms with E-state index in [1.54, 1.807) is 0 Å². The lowest BCUT2D eigenvalue weighted by molar-refractivity contribution is -0.907. The lowest BCUT2D eigenvalue weighted by Gasteiger charge is -2.31. The summed E-state index contributed by atoms with van der Waals surface area (Å²) in [4.78, 5) is 23.5. The van der Waals surface area contributed by atoms with Gasteiger partial charge in [0.15, 0.2) is 6.54 Å². The molecule has 6 heteroatoms. The number of amides is 3. The highest BCUT2D eigenvalue weighted by atomic mass is 16.5. The Bertz CT molecular complexity index is 260. The molecule has 1 aliphatic heterocycles. The van der Waals surface area contributed by atoms with Crippen molar-refractivity contribution in [2.45, 2.75) is 26.1 Å². The molecule has 0 aromatic rings. The van der Waals surface area contributed by atoms with Crippen LogP contribution in [0.1, 0.15) is 13.8 Å². The van der Waals surface area contributed by atoms with Gasteiger partial charge in [0.2, 0.25) is 0 Å². The maximum Gasteiger partial charge on any atom is 0.321 e. The van der Waals surface area contributed by atoms with Crippen molar-refractivity contribution in [2.24, 2.45) is 0 Å². The molecule has 1 heterocycles. The van der Waals surface area contributed by atoms with Crippen LogP contribution in [0.2, 0.25) is 0 Å². The monoisotopic (exact) mass is 230 g/mol. The van der Waals surface area contributed by atoms with Crippen LogP contribution in [0.5, 0.6) is 0 Å². The molecule has 3 amide bonds. The summed E-state index contributed by atoms with van der Waals surface area (Å²) in [6, 6.07) is -0.459. The minimum atomic E-state index is -0.459. The van der Waals surface area contributed by atoms with Crippen molar-refractivity contribution in [3.8, 4) is 0 Å². The minimum Gasteiger partial charge on any atom is -0.364 e. The van der Waals surface area contributed by atoms with E-state index >= 15 is 0 Å². The Morgan fingerprint density at radius 2 is 1.88 bits per heavy atom. The van der Waals surface area contributed by atoms with Crippen molar-refractivity contribution in [3.63, 3.8) is 0 Å². The lowest BCUT2D eigenvalue weighted by Crippen LogP contribution is -3.16. The average molecular weight is 230 g/mol. The number of morpholine rings is 1. The van der Waals surface area contributed by atoms with Crippen molar-refractivity contribution >= 4 is 11.9 Å². The summed E-state index contributed by atoms with van der Waals surface area (Å²) in [7, 11) is 1.48. The summed E-state index contributed by atoms with van der Waals surface area (Å²) in [5.41, 5.74) is 0. The van der Waals surface area contributed by atoms with E-state index in [0.29, 0.717) is 6.54 Å². The Balaban J connectivity index is 2.35. The van der Waals surface area contributed by atoms with Crippen LogP contribution in [0, 0.1) is 0 Å². The zero-order chi connectivity index (χ0) is 12.1. The van der Waals surface area contributed by atoms with E-state index in [-0.39, 0.29) is 18.1 Å². The number of urea groups is 1. The SMILES string of the molecule is CNC(=O)NC(=O)C[NH+]1C[C@@H](C)O[C@H](C)C1.